The molecule has 0 atom stereocenters. The summed E-state index contributed by atoms with van der Waals surface area (Å²) < 4.78 is 13.8. The van der Waals surface area contributed by atoms with Gasteiger partial charge in [0, 0.05) is 12.1 Å². The first-order valence-corrected chi connectivity index (χ1v) is 5.27. The fourth-order valence-electron chi connectivity index (χ4n) is 1.78. The Kier molecular flexibility index (Phi) is 3.02. The highest BCUT2D eigenvalue weighted by atomic mass is 19.1. The van der Waals surface area contributed by atoms with Gasteiger partial charge in [-0.05, 0) is 29.7 Å². The van der Waals surface area contributed by atoms with Crippen molar-refractivity contribution in [2.75, 3.05) is 0 Å². The molecule has 0 heterocycles. The molecule has 2 rings (SSSR count). The molecule has 0 unspecified atom stereocenters. The molecule has 0 fully saturated rings. The predicted molar refractivity (Wildman–Crippen MR) is 64.5 cm³/mol. The first-order chi connectivity index (χ1) is 7.72. The second-order valence-corrected chi connectivity index (χ2v) is 3.83. The molecule has 1 nitrogen and oxygen atoms in total. The summed E-state index contributed by atoms with van der Waals surface area (Å²) >= 11 is 0. The molecule has 0 saturated carbocycles. The maximum absolute atomic E-state index is 13.8. The highest BCUT2D eigenvalue weighted by Crippen LogP contribution is 2.26. The quantitative estimate of drug-likeness (QED) is 0.817. The van der Waals surface area contributed by atoms with Gasteiger partial charge in [-0.25, -0.2) is 4.39 Å². The minimum atomic E-state index is -0.211. The van der Waals surface area contributed by atoms with Crippen LogP contribution in [0.3, 0.4) is 0 Å². The Bertz CT molecular complexity index is 506. The Morgan fingerprint density at radius 2 is 1.81 bits per heavy atom. The fourth-order valence-corrected chi connectivity index (χ4v) is 1.78. The van der Waals surface area contributed by atoms with Crippen LogP contribution < -0.4 is 5.73 Å². The van der Waals surface area contributed by atoms with E-state index in [4.69, 9.17) is 5.73 Å². The Hall–Kier alpha value is -1.67. The summed E-state index contributed by atoms with van der Waals surface area (Å²) in [5.41, 5.74) is 8.92. The lowest BCUT2D eigenvalue weighted by Crippen LogP contribution is -1.97. The van der Waals surface area contributed by atoms with E-state index in [1.54, 1.807) is 6.07 Å². The van der Waals surface area contributed by atoms with Gasteiger partial charge < -0.3 is 5.73 Å². The maximum atomic E-state index is 13.8. The van der Waals surface area contributed by atoms with Crippen LogP contribution in [-0.2, 0) is 6.54 Å². The van der Waals surface area contributed by atoms with E-state index < -0.39 is 0 Å². The molecule has 2 N–H and O–H groups in total. The topological polar surface area (TPSA) is 26.0 Å². The third kappa shape index (κ3) is 1.97. The summed E-state index contributed by atoms with van der Waals surface area (Å²) in [6.45, 7) is 2.34. The van der Waals surface area contributed by atoms with Gasteiger partial charge in [0.25, 0.3) is 0 Å². The molecule has 0 aromatic heterocycles. The average molecular weight is 215 g/mol. The van der Waals surface area contributed by atoms with E-state index in [-0.39, 0.29) is 5.82 Å². The van der Waals surface area contributed by atoms with Crippen molar-refractivity contribution in [3.05, 3.63) is 59.4 Å². The Balaban J connectivity index is 2.53. The number of halogens is 1. The molecule has 2 aromatic rings. The number of rotatable bonds is 2. The van der Waals surface area contributed by atoms with Crippen molar-refractivity contribution in [2.45, 2.75) is 13.5 Å². The summed E-state index contributed by atoms with van der Waals surface area (Å²) in [5.74, 6) is -0.211. The standard InChI is InChI=1S/C14H14FN/c1-10-4-2-3-5-12(10)13-7-6-11(9-16)8-14(13)15/h2-8H,9,16H2,1H3. The normalized spacial score (nSPS) is 10.4. The summed E-state index contributed by atoms with van der Waals surface area (Å²) in [6, 6.07) is 12.9. The molecule has 2 aromatic carbocycles. The molecule has 0 aliphatic rings. The predicted octanol–water partition coefficient (Wildman–Crippen LogP) is 3.26. The van der Waals surface area contributed by atoms with Gasteiger partial charge in [-0.1, -0.05) is 36.4 Å². The molecule has 0 aliphatic heterocycles. The van der Waals surface area contributed by atoms with Gasteiger partial charge in [-0.15, -0.1) is 0 Å². The van der Waals surface area contributed by atoms with Gasteiger partial charge >= 0.3 is 0 Å². The van der Waals surface area contributed by atoms with Crippen molar-refractivity contribution >= 4 is 0 Å². The lowest BCUT2D eigenvalue weighted by Gasteiger charge is -2.08. The van der Waals surface area contributed by atoms with E-state index in [2.05, 4.69) is 0 Å². The second-order valence-electron chi connectivity index (χ2n) is 3.83. The molecule has 2 heteroatoms. The SMILES string of the molecule is Cc1ccccc1-c1ccc(CN)cc1F. The van der Waals surface area contributed by atoms with Crippen LogP contribution in [0.5, 0.6) is 0 Å². The molecular weight excluding hydrogens is 201 g/mol. The highest BCUT2D eigenvalue weighted by molar-refractivity contribution is 5.67. The zero-order chi connectivity index (χ0) is 11.5. The lowest BCUT2D eigenvalue weighted by molar-refractivity contribution is 0.629. The number of aryl methyl sites for hydroxylation is 1. The third-order valence-electron chi connectivity index (χ3n) is 2.70. The van der Waals surface area contributed by atoms with Gasteiger partial charge in [0.15, 0.2) is 0 Å². The molecule has 0 spiro atoms. The number of nitrogens with two attached hydrogens (primary N) is 1. The molecule has 16 heavy (non-hydrogen) atoms. The van der Waals surface area contributed by atoms with Crippen LogP contribution in [0.4, 0.5) is 4.39 Å². The van der Waals surface area contributed by atoms with E-state index in [1.165, 1.54) is 6.07 Å². The van der Waals surface area contributed by atoms with Crippen LogP contribution in [0.1, 0.15) is 11.1 Å². The Morgan fingerprint density at radius 1 is 1.06 bits per heavy atom. The van der Waals surface area contributed by atoms with E-state index in [1.807, 2.05) is 37.3 Å². The van der Waals surface area contributed by atoms with Gasteiger partial charge in [0.2, 0.25) is 0 Å². The molecule has 0 aliphatic carbocycles. The van der Waals surface area contributed by atoms with Crippen LogP contribution in [0.25, 0.3) is 11.1 Å². The molecule has 82 valence electrons. The van der Waals surface area contributed by atoms with Crippen LogP contribution in [0.2, 0.25) is 0 Å². The first-order valence-electron chi connectivity index (χ1n) is 5.27. The Labute approximate surface area is 94.7 Å². The third-order valence-corrected chi connectivity index (χ3v) is 2.70. The van der Waals surface area contributed by atoms with Crippen molar-refractivity contribution in [3.63, 3.8) is 0 Å². The lowest BCUT2D eigenvalue weighted by atomic mass is 9.99. The molecule has 0 saturated heterocycles. The summed E-state index contributed by atoms with van der Waals surface area (Å²) in [6.07, 6.45) is 0. The van der Waals surface area contributed by atoms with Gasteiger partial charge in [0.1, 0.15) is 5.82 Å². The van der Waals surface area contributed by atoms with Crippen LogP contribution in [0.15, 0.2) is 42.5 Å². The smallest absolute Gasteiger partial charge is 0.131 e. The zero-order valence-electron chi connectivity index (χ0n) is 9.20. The monoisotopic (exact) mass is 215 g/mol. The highest BCUT2D eigenvalue weighted by Gasteiger charge is 2.07. The largest absolute Gasteiger partial charge is 0.326 e. The number of hydrogen-bond donors (Lipinski definition) is 1. The number of benzene rings is 2. The first kappa shape index (κ1) is 10.8. The fraction of sp³-hybridized carbons (Fsp3) is 0.143. The molecule has 0 radical (unpaired) electrons. The molecule has 0 bridgehead atoms. The van der Waals surface area contributed by atoms with Crippen molar-refractivity contribution in [1.82, 2.24) is 0 Å². The van der Waals surface area contributed by atoms with Crippen molar-refractivity contribution in [1.29, 1.82) is 0 Å². The second kappa shape index (κ2) is 4.45. The minimum Gasteiger partial charge on any atom is -0.326 e. The summed E-state index contributed by atoms with van der Waals surface area (Å²) in [4.78, 5) is 0. The maximum Gasteiger partial charge on any atom is 0.131 e. The van der Waals surface area contributed by atoms with Crippen LogP contribution in [0, 0.1) is 12.7 Å². The van der Waals surface area contributed by atoms with E-state index in [0.29, 0.717) is 12.1 Å². The van der Waals surface area contributed by atoms with E-state index in [0.717, 1.165) is 16.7 Å². The minimum absolute atomic E-state index is 0.211. The van der Waals surface area contributed by atoms with Crippen molar-refractivity contribution in [3.8, 4) is 11.1 Å². The summed E-state index contributed by atoms with van der Waals surface area (Å²) in [7, 11) is 0. The zero-order valence-corrected chi connectivity index (χ0v) is 9.20. The molecular formula is C14H14FN. The van der Waals surface area contributed by atoms with Crippen LogP contribution >= 0.6 is 0 Å². The molecule has 0 amide bonds. The van der Waals surface area contributed by atoms with Gasteiger partial charge in [-0.2, -0.15) is 0 Å². The summed E-state index contributed by atoms with van der Waals surface area (Å²) in [5, 5.41) is 0. The van der Waals surface area contributed by atoms with Crippen molar-refractivity contribution in [2.24, 2.45) is 5.73 Å². The van der Waals surface area contributed by atoms with Crippen molar-refractivity contribution < 1.29 is 4.39 Å². The van der Waals surface area contributed by atoms with E-state index >= 15 is 0 Å². The van der Waals surface area contributed by atoms with Gasteiger partial charge in [0.05, 0.1) is 0 Å². The van der Waals surface area contributed by atoms with Crippen LogP contribution in [-0.4, -0.2) is 0 Å². The van der Waals surface area contributed by atoms with Gasteiger partial charge in [-0.3, -0.25) is 0 Å². The Morgan fingerprint density at radius 3 is 2.44 bits per heavy atom. The number of hydrogen-bond acceptors (Lipinski definition) is 1. The van der Waals surface area contributed by atoms with E-state index in [9.17, 15) is 4.39 Å². The average Bonchev–Trinajstić information content (AvgIpc) is 2.30.